The molecular formula is C21H26FN3O2. The molecule has 1 aliphatic rings. The van der Waals surface area contributed by atoms with Gasteiger partial charge in [0.1, 0.15) is 5.82 Å². The molecule has 6 heteroatoms. The number of pyridine rings is 1. The van der Waals surface area contributed by atoms with Crippen molar-refractivity contribution in [1.29, 1.82) is 0 Å². The van der Waals surface area contributed by atoms with Gasteiger partial charge in [-0.25, -0.2) is 9.18 Å². The van der Waals surface area contributed by atoms with Gasteiger partial charge in [0, 0.05) is 19.3 Å². The van der Waals surface area contributed by atoms with Crippen molar-refractivity contribution in [2.24, 2.45) is 5.92 Å². The summed E-state index contributed by atoms with van der Waals surface area (Å²) >= 11 is 0. The van der Waals surface area contributed by atoms with Crippen LogP contribution in [-0.4, -0.2) is 41.7 Å². The van der Waals surface area contributed by atoms with Crippen LogP contribution in [0.15, 0.2) is 48.8 Å². The lowest BCUT2D eigenvalue weighted by Gasteiger charge is -2.28. The maximum absolute atomic E-state index is 13.1. The molecule has 0 saturated carbocycles. The van der Waals surface area contributed by atoms with Crippen LogP contribution in [0.4, 0.5) is 14.9 Å². The molecule has 3 rings (SSSR count). The van der Waals surface area contributed by atoms with Crippen LogP contribution in [0.2, 0.25) is 0 Å². The Labute approximate surface area is 159 Å². The average Bonchev–Trinajstić information content (AvgIpc) is 3.09. The third kappa shape index (κ3) is 5.26. The minimum atomic E-state index is -0.216. The Bertz CT molecular complexity index is 724. The largest absolute Gasteiger partial charge is 0.380 e. The van der Waals surface area contributed by atoms with Crippen molar-refractivity contribution in [2.45, 2.75) is 32.2 Å². The van der Waals surface area contributed by atoms with E-state index in [1.54, 1.807) is 18.5 Å². The fraction of sp³-hybridized carbons (Fsp3) is 0.429. The van der Waals surface area contributed by atoms with E-state index in [2.05, 4.69) is 10.3 Å². The summed E-state index contributed by atoms with van der Waals surface area (Å²) in [7, 11) is 0. The zero-order valence-electron chi connectivity index (χ0n) is 15.6. The van der Waals surface area contributed by atoms with Gasteiger partial charge in [-0.3, -0.25) is 4.98 Å². The number of aryl methyl sites for hydroxylation is 1. The highest BCUT2D eigenvalue weighted by Gasteiger charge is 2.36. The zero-order valence-corrected chi connectivity index (χ0v) is 15.6. The van der Waals surface area contributed by atoms with Gasteiger partial charge in [-0.1, -0.05) is 12.1 Å². The minimum absolute atomic E-state index is 0.0436. The van der Waals surface area contributed by atoms with Crippen LogP contribution in [0.5, 0.6) is 0 Å². The van der Waals surface area contributed by atoms with Gasteiger partial charge in [-0.15, -0.1) is 0 Å². The number of halogens is 1. The summed E-state index contributed by atoms with van der Waals surface area (Å²) in [6, 6.07) is 10.2. The number of hydrogen-bond donors (Lipinski definition) is 1. The van der Waals surface area contributed by atoms with E-state index in [4.69, 9.17) is 4.74 Å². The van der Waals surface area contributed by atoms with E-state index >= 15 is 0 Å². The lowest BCUT2D eigenvalue weighted by molar-refractivity contribution is 0.0815. The van der Waals surface area contributed by atoms with E-state index in [-0.39, 0.29) is 17.9 Å². The standard InChI is InChI=1S/C21H26FN3O2/c1-2-27-15-20-17(8-5-16-6-9-18(22)10-7-16)11-13-25(20)21(26)24-19-4-3-12-23-14-19/h3-4,6-7,9-10,12,14,17,20H,2,5,8,11,13,15H2,1H3,(H,24,26). The number of carbonyl (C=O) groups excluding carboxylic acids is 1. The quantitative estimate of drug-likeness (QED) is 0.797. The van der Waals surface area contributed by atoms with Crippen LogP contribution in [0.1, 0.15) is 25.3 Å². The molecular weight excluding hydrogens is 345 g/mol. The van der Waals surface area contributed by atoms with E-state index in [1.165, 1.54) is 12.1 Å². The molecule has 2 aromatic rings. The molecule has 1 saturated heterocycles. The third-order valence-electron chi connectivity index (χ3n) is 5.07. The number of anilines is 1. The van der Waals surface area contributed by atoms with Crippen LogP contribution in [-0.2, 0) is 11.2 Å². The molecule has 0 spiro atoms. The van der Waals surface area contributed by atoms with Gasteiger partial charge in [-0.2, -0.15) is 0 Å². The molecule has 2 heterocycles. The van der Waals surface area contributed by atoms with Gasteiger partial charge < -0.3 is 15.0 Å². The minimum Gasteiger partial charge on any atom is -0.380 e. The monoisotopic (exact) mass is 371 g/mol. The Morgan fingerprint density at radius 2 is 2.15 bits per heavy atom. The molecule has 5 nitrogen and oxygen atoms in total. The van der Waals surface area contributed by atoms with Gasteiger partial charge >= 0.3 is 6.03 Å². The van der Waals surface area contributed by atoms with E-state index < -0.39 is 0 Å². The summed E-state index contributed by atoms with van der Waals surface area (Å²) in [5, 5.41) is 2.92. The van der Waals surface area contributed by atoms with E-state index in [1.807, 2.05) is 30.0 Å². The number of nitrogens with one attached hydrogen (secondary N) is 1. The highest BCUT2D eigenvalue weighted by Crippen LogP contribution is 2.29. The fourth-order valence-corrected chi connectivity index (χ4v) is 3.61. The maximum Gasteiger partial charge on any atom is 0.322 e. The van der Waals surface area contributed by atoms with Crippen LogP contribution in [0, 0.1) is 11.7 Å². The third-order valence-corrected chi connectivity index (χ3v) is 5.07. The first kappa shape index (κ1) is 19.3. The lowest BCUT2D eigenvalue weighted by atomic mass is 9.93. The molecule has 0 bridgehead atoms. The van der Waals surface area contributed by atoms with Crippen molar-refractivity contribution >= 4 is 11.7 Å². The Hall–Kier alpha value is -2.47. The van der Waals surface area contributed by atoms with Crippen molar-refractivity contribution < 1.29 is 13.9 Å². The summed E-state index contributed by atoms with van der Waals surface area (Å²) < 4.78 is 18.7. The second-order valence-corrected chi connectivity index (χ2v) is 6.81. The van der Waals surface area contributed by atoms with Crippen molar-refractivity contribution in [3.63, 3.8) is 0 Å². The summed E-state index contributed by atoms with van der Waals surface area (Å²) in [6.07, 6.45) is 6.07. The van der Waals surface area contributed by atoms with E-state index in [0.29, 0.717) is 31.4 Å². The van der Waals surface area contributed by atoms with Crippen LogP contribution in [0.25, 0.3) is 0 Å². The number of hydrogen-bond acceptors (Lipinski definition) is 3. The molecule has 2 amide bonds. The Morgan fingerprint density at radius 3 is 2.85 bits per heavy atom. The number of urea groups is 1. The molecule has 27 heavy (non-hydrogen) atoms. The van der Waals surface area contributed by atoms with Crippen molar-refractivity contribution in [1.82, 2.24) is 9.88 Å². The summed E-state index contributed by atoms with van der Waals surface area (Å²) in [5.74, 6) is 0.147. The number of aromatic nitrogens is 1. The number of carbonyl (C=O) groups is 1. The first-order valence-electron chi connectivity index (χ1n) is 9.47. The molecule has 1 N–H and O–H groups in total. The SMILES string of the molecule is CCOCC1C(CCc2ccc(F)cc2)CCN1C(=O)Nc1cccnc1. The normalized spacial score (nSPS) is 19.3. The molecule has 2 atom stereocenters. The number of benzene rings is 1. The zero-order chi connectivity index (χ0) is 19.1. The predicted molar refractivity (Wildman–Crippen MR) is 103 cm³/mol. The second kappa shape index (κ2) is 9.46. The number of likely N-dealkylation sites (tertiary alicyclic amines) is 1. The van der Waals surface area contributed by atoms with Crippen LogP contribution >= 0.6 is 0 Å². The first-order chi connectivity index (χ1) is 13.2. The highest BCUT2D eigenvalue weighted by atomic mass is 19.1. The van der Waals surface area contributed by atoms with E-state index in [9.17, 15) is 9.18 Å². The topological polar surface area (TPSA) is 54.5 Å². The van der Waals surface area contributed by atoms with Crippen molar-refractivity contribution in [3.8, 4) is 0 Å². The first-order valence-corrected chi connectivity index (χ1v) is 9.47. The molecule has 1 aliphatic heterocycles. The molecule has 1 aromatic carbocycles. The second-order valence-electron chi connectivity index (χ2n) is 6.81. The molecule has 2 unspecified atom stereocenters. The van der Waals surface area contributed by atoms with Gasteiger partial charge in [0.2, 0.25) is 0 Å². The Balaban J connectivity index is 1.62. The number of amides is 2. The van der Waals surface area contributed by atoms with Gasteiger partial charge in [0.25, 0.3) is 0 Å². The lowest BCUT2D eigenvalue weighted by Crippen LogP contribution is -2.43. The molecule has 144 valence electrons. The molecule has 1 aromatic heterocycles. The van der Waals surface area contributed by atoms with Crippen LogP contribution in [0.3, 0.4) is 0 Å². The van der Waals surface area contributed by atoms with E-state index in [0.717, 1.165) is 24.8 Å². The summed E-state index contributed by atoms with van der Waals surface area (Å²) in [5.41, 5.74) is 1.80. The molecule has 0 radical (unpaired) electrons. The number of rotatable bonds is 7. The smallest absolute Gasteiger partial charge is 0.322 e. The van der Waals surface area contributed by atoms with Crippen molar-refractivity contribution in [3.05, 3.63) is 60.2 Å². The number of nitrogens with zero attached hydrogens (tertiary/aromatic N) is 2. The Kier molecular flexibility index (Phi) is 6.76. The molecule has 1 fully saturated rings. The van der Waals surface area contributed by atoms with Gasteiger partial charge in [-0.05, 0) is 61.9 Å². The predicted octanol–water partition coefficient (Wildman–Crippen LogP) is 4.11. The fourth-order valence-electron chi connectivity index (χ4n) is 3.61. The van der Waals surface area contributed by atoms with Gasteiger partial charge in [0.05, 0.1) is 24.5 Å². The Morgan fingerprint density at radius 1 is 1.33 bits per heavy atom. The van der Waals surface area contributed by atoms with Crippen LogP contribution < -0.4 is 5.32 Å². The highest BCUT2D eigenvalue weighted by molar-refractivity contribution is 5.89. The number of ether oxygens (including phenoxy) is 1. The maximum atomic E-state index is 13.1. The summed E-state index contributed by atoms with van der Waals surface area (Å²) in [4.78, 5) is 18.6. The molecule has 0 aliphatic carbocycles. The van der Waals surface area contributed by atoms with Crippen molar-refractivity contribution in [2.75, 3.05) is 25.1 Å². The average molecular weight is 371 g/mol. The summed E-state index contributed by atoms with van der Waals surface area (Å²) in [6.45, 7) is 3.82. The van der Waals surface area contributed by atoms with Gasteiger partial charge in [0.15, 0.2) is 0 Å².